The molecule has 0 aliphatic carbocycles. The van der Waals surface area contributed by atoms with Gasteiger partial charge < -0.3 is 9.88 Å². The zero-order chi connectivity index (χ0) is 13.7. The minimum Gasteiger partial charge on any atom is -0.337 e. The van der Waals surface area contributed by atoms with Crippen molar-refractivity contribution in [2.45, 2.75) is 33.4 Å². The Morgan fingerprint density at radius 3 is 2.89 bits per heavy atom. The van der Waals surface area contributed by atoms with Crippen LogP contribution in [-0.2, 0) is 26.6 Å². The summed E-state index contributed by atoms with van der Waals surface area (Å²) in [5.74, 6) is 0.673. The fraction of sp³-hybridized carbons (Fsp3) is 0.571. The van der Waals surface area contributed by atoms with Gasteiger partial charge in [0.25, 0.3) is 0 Å². The van der Waals surface area contributed by atoms with E-state index < -0.39 is 0 Å². The fourth-order valence-electron chi connectivity index (χ4n) is 2.00. The second kappa shape index (κ2) is 6.52. The van der Waals surface area contributed by atoms with Crippen molar-refractivity contribution in [1.82, 2.24) is 24.6 Å². The van der Waals surface area contributed by atoms with E-state index in [0.29, 0.717) is 5.92 Å². The molecule has 104 valence electrons. The summed E-state index contributed by atoms with van der Waals surface area (Å²) in [6, 6.07) is 2.06. The van der Waals surface area contributed by atoms with Crippen LogP contribution in [0.15, 0.2) is 24.8 Å². The molecule has 1 N–H and O–H groups in total. The lowest BCUT2D eigenvalue weighted by Gasteiger charge is -2.05. The van der Waals surface area contributed by atoms with Crippen molar-refractivity contribution in [3.8, 4) is 0 Å². The third kappa shape index (κ3) is 4.21. The van der Waals surface area contributed by atoms with Crippen molar-refractivity contribution in [3.05, 3.63) is 36.2 Å². The first-order chi connectivity index (χ1) is 9.15. The number of aromatic nitrogens is 4. The second-order valence-electron chi connectivity index (χ2n) is 5.32. The molecule has 2 aromatic rings. The number of nitrogens with zero attached hydrogens (tertiary/aromatic N) is 4. The van der Waals surface area contributed by atoms with Crippen molar-refractivity contribution in [1.29, 1.82) is 0 Å². The van der Waals surface area contributed by atoms with E-state index in [1.54, 1.807) is 0 Å². The van der Waals surface area contributed by atoms with Gasteiger partial charge in [0, 0.05) is 44.6 Å². The number of aryl methyl sites for hydroxylation is 3. The molecule has 0 fully saturated rings. The Kier molecular flexibility index (Phi) is 4.74. The lowest BCUT2D eigenvalue weighted by atomic mass is 10.2. The summed E-state index contributed by atoms with van der Waals surface area (Å²) in [4.78, 5) is 4.41. The number of imidazole rings is 1. The Balaban J connectivity index is 1.79. The van der Waals surface area contributed by atoms with Crippen LogP contribution in [0, 0.1) is 5.92 Å². The number of hydrogen-bond donors (Lipinski definition) is 1. The molecule has 19 heavy (non-hydrogen) atoms. The molecule has 0 amide bonds. The SMILES string of the molecule is CC(C)CNCc1cn(CCc2ccnn2C)cn1. The van der Waals surface area contributed by atoms with Crippen LogP contribution < -0.4 is 5.32 Å². The Bertz CT molecular complexity index is 497. The van der Waals surface area contributed by atoms with Gasteiger partial charge >= 0.3 is 0 Å². The molecule has 2 heterocycles. The highest BCUT2D eigenvalue weighted by atomic mass is 15.3. The van der Waals surface area contributed by atoms with E-state index in [-0.39, 0.29) is 0 Å². The monoisotopic (exact) mass is 261 g/mol. The van der Waals surface area contributed by atoms with Crippen LogP contribution in [0.3, 0.4) is 0 Å². The molecule has 0 aromatic carbocycles. The first kappa shape index (κ1) is 13.8. The maximum atomic E-state index is 4.41. The van der Waals surface area contributed by atoms with Gasteiger partial charge in [-0.3, -0.25) is 4.68 Å². The van der Waals surface area contributed by atoms with Crippen LogP contribution in [0.5, 0.6) is 0 Å². The predicted molar refractivity (Wildman–Crippen MR) is 75.7 cm³/mol. The zero-order valence-corrected chi connectivity index (χ0v) is 12.0. The Morgan fingerprint density at radius 2 is 2.21 bits per heavy atom. The van der Waals surface area contributed by atoms with Gasteiger partial charge in [0.1, 0.15) is 0 Å². The number of rotatable bonds is 7. The quantitative estimate of drug-likeness (QED) is 0.823. The summed E-state index contributed by atoms with van der Waals surface area (Å²) in [7, 11) is 1.98. The molecule has 2 aromatic heterocycles. The molecule has 0 aliphatic heterocycles. The molecule has 0 radical (unpaired) electrons. The maximum Gasteiger partial charge on any atom is 0.0950 e. The Hall–Kier alpha value is -1.62. The van der Waals surface area contributed by atoms with Gasteiger partial charge in [-0.15, -0.1) is 0 Å². The molecule has 0 unspecified atom stereocenters. The zero-order valence-electron chi connectivity index (χ0n) is 12.0. The first-order valence-corrected chi connectivity index (χ1v) is 6.83. The number of nitrogens with one attached hydrogen (secondary N) is 1. The summed E-state index contributed by atoms with van der Waals surface area (Å²) >= 11 is 0. The molecular formula is C14H23N5. The highest BCUT2D eigenvalue weighted by Gasteiger charge is 2.02. The van der Waals surface area contributed by atoms with E-state index >= 15 is 0 Å². The molecule has 0 aliphatic rings. The minimum atomic E-state index is 0.673. The van der Waals surface area contributed by atoms with Crippen LogP contribution in [0.4, 0.5) is 0 Å². The van der Waals surface area contributed by atoms with Crippen molar-refractivity contribution >= 4 is 0 Å². The van der Waals surface area contributed by atoms with Crippen LogP contribution >= 0.6 is 0 Å². The fourth-order valence-corrected chi connectivity index (χ4v) is 2.00. The lowest BCUT2D eigenvalue weighted by Crippen LogP contribution is -2.19. The van der Waals surface area contributed by atoms with Gasteiger partial charge in [0.15, 0.2) is 0 Å². The molecule has 0 atom stereocenters. The van der Waals surface area contributed by atoms with Gasteiger partial charge in [-0.2, -0.15) is 5.10 Å². The average molecular weight is 261 g/mol. The minimum absolute atomic E-state index is 0.673. The topological polar surface area (TPSA) is 47.7 Å². The van der Waals surface area contributed by atoms with E-state index in [2.05, 4.69) is 46.1 Å². The van der Waals surface area contributed by atoms with E-state index in [1.165, 1.54) is 5.69 Å². The summed E-state index contributed by atoms with van der Waals surface area (Å²) in [5, 5.41) is 7.58. The molecule has 0 bridgehead atoms. The molecule has 5 heteroatoms. The molecule has 0 spiro atoms. The third-order valence-electron chi connectivity index (χ3n) is 3.09. The van der Waals surface area contributed by atoms with Gasteiger partial charge in [0.2, 0.25) is 0 Å². The van der Waals surface area contributed by atoms with Crippen molar-refractivity contribution in [3.63, 3.8) is 0 Å². The van der Waals surface area contributed by atoms with Crippen LogP contribution in [0.2, 0.25) is 0 Å². The summed E-state index contributed by atoms with van der Waals surface area (Å²) in [6.07, 6.45) is 6.84. The summed E-state index contributed by atoms with van der Waals surface area (Å²) in [5.41, 5.74) is 2.35. The predicted octanol–water partition coefficient (Wildman–Crippen LogP) is 1.60. The van der Waals surface area contributed by atoms with Crippen molar-refractivity contribution in [2.24, 2.45) is 13.0 Å². The van der Waals surface area contributed by atoms with E-state index in [4.69, 9.17) is 0 Å². The summed E-state index contributed by atoms with van der Waals surface area (Å²) < 4.78 is 4.06. The Morgan fingerprint density at radius 1 is 1.37 bits per heavy atom. The molecule has 0 saturated carbocycles. The van der Waals surface area contributed by atoms with E-state index in [1.807, 2.05) is 24.3 Å². The van der Waals surface area contributed by atoms with Gasteiger partial charge in [0.05, 0.1) is 12.0 Å². The van der Waals surface area contributed by atoms with Gasteiger partial charge in [-0.05, 0) is 18.5 Å². The maximum absolute atomic E-state index is 4.41. The van der Waals surface area contributed by atoms with Crippen LogP contribution in [-0.4, -0.2) is 25.9 Å². The highest BCUT2D eigenvalue weighted by Crippen LogP contribution is 2.02. The van der Waals surface area contributed by atoms with Gasteiger partial charge in [-0.25, -0.2) is 4.98 Å². The molecule has 5 nitrogen and oxygen atoms in total. The third-order valence-corrected chi connectivity index (χ3v) is 3.09. The lowest BCUT2D eigenvalue weighted by molar-refractivity contribution is 0.548. The van der Waals surface area contributed by atoms with E-state index in [0.717, 1.165) is 31.7 Å². The highest BCUT2D eigenvalue weighted by molar-refractivity contribution is 5.01. The van der Waals surface area contributed by atoms with Crippen LogP contribution in [0.25, 0.3) is 0 Å². The second-order valence-corrected chi connectivity index (χ2v) is 5.32. The average Bonchev–Trinajstić information content (AvgIpc) is 2.95. The Labute approximate surface area is 114 Å². The molecule has 0 saturated heterocycles. The van der Waals surface area contributed by atoms with Crippen molar-refractivity contribution < 1.29 is 0 Å². The first-order valence-electron chi connectivity index (χ1n) is 6.83. The number of hydrogen-bond acceptors (Lipinski definition) is 3. The largest absolute Gasteiger partial charge is 0.337 e. The van der Waals surface area contributed by atoms with Crippen LogP contribution in [0.1, 0.15) is 25.2 Å². The summed E-state index contributed by atoms with van der Waals surface area (Å²) in [6.45, 7) is 7.23. The normalized spacial score (nSPS) is 11.4. The van der Waals surface area contributed by atoms with Gasteiger partial charge in [-0.1, -0.05) is 13.8 Å². The standard InChI is InChI=1S/C14H23N5/c1-12(2)8-15-9-13-10-19(11-16-13)7-5-14-4-6-17-18(14)3/h4,6,10-12,15H,5,7-9H2,1-3H3. The molecule has 2 rings (SSSR count). The smallest absolute Gasteiger partial charge is 0.0950 e. The van der Waals surface area contributed by atoms with Crippen molar-refractivity contribution in [2.75, 3.05) is 6.54 Å². The van der Waals surface area contributed by atoms with E-state index in [9.17, 15) is 0 Å². The molecular weight excluding hydrogens is 238 g/mol.